The number of rotatable bonds is 1. The number of alkyl carbamates (subject to hydrolysis) is 1. The number of aliphatic hydroxyl groups is 1. The minimum absolute atomic E-state index is 0.220. The lowest BCUT2D eigenvalue weighted by atomic mass is 9.99. The molecule has 1 aliphatic rings. The molecule has 5 heteroatoms. The number of hydrogen-bond donors (Lipinski definition) is 2. The predicted molar refractivity (Wildman–Crippen MR) is 70.1 cm³/mol. The van der Waals surface area contributed by atoms with Gasteiger partial charge >= 0.3 is 6.09 Å². The van der Waals surface area contributed by atoms with E-state index < -0.39 is 23.8 Å². The van der Waals surface area contributed by atoms with E-state index in [1.54, 1.807) is 32.9 Å². The van der Waals surface area contributed by atoms with Crippen molar-refractivity contribution >= 4 is 6.09 Å². The first-order valence-electron chi connectivity index (χ1n) is 6.26. The molecule has 1 amide bonds. The first-order valence-corrected chi connectivity index (χ1v) is 6.26. The van der Waals surface area contributed by atoms with Gasteiger partial charge in [-0.1, -0.05) is 18.2 Å². The topological polar surface area (TPSA) is 67.8 Å². The molecule has 1 aromatic carbocycles. The molecule has 0 bridgehead atoms. The van der Waals surface area contributed by atoms with Gasteiger partial charge < -0.3 is 19.9 Å². The van der Waals surface area contributed by atoms with Crippen molar-refractivity contribution in [2.45, 2.75) is 38.5 Å². The molecule has 0 unspecified atom stereocenters. The van der Waals surface area contributed by atoms with Crippen LogP contribution >= 0.6 is 0 Å². The number of nitrogens with one attached hydrogen (secondary N) is 1. The van der Waals surface area contributed by atoms with Gasteiger partial charge in [0, 0.05) is 5.56 Å². The van der Waals surface area contributed by atoms with Gasteiger partial charge in [-0.2, -0.15) is 0 Å². The summed E-state index contributed by atoms with van der Waals surface area (Å²) in [5.41, 5.74) is 0.109. The molecule has 0 saturated carbocycles. The Labute approximate surface area is 112 Å². The molecule has 2 atom stereocenters. The predicted octanol–water partition coefficient (Wildman–Crippen LogP) is 2.01. The summed E-state index contributed by atoms with van der Waals surface area (Å²) in [6.07, 6.45) is -1.35. The molecular weight excluding hydrogens is 246 g/mol. The number of aliphatic hydroxyl groups excluding tert-OH is 1. The van der Waals surface area contributed by atoms with Gasteiger partial charge in [-0.3, -0.25) is 0 Å². The lowest BCUT2D eigenvalue weighted by Crippen LogP contribution is -2.47. The second kappa shape index (κ2) is 5.09. The number of amides is 1. The Bertz CT molecular complexity index is 467. The molecule has 0 aromatic heterocycles. The van der Waals surface area contributed by atoms with E-state index in [2.05, 4.69) is 5.32 Å². The molecule has 0 spiro atoms. The largest absolute Gasteiger partial charge is 0.491 e. The summed E-state index contributed by atoms with van der Waals surface area (Å²) in [5, 5.41) is 12.8. The Morgan fingerprint density at radius 1 is 1.42 bits per heavy atom. The van der Waals surface area contributed by atoms with Crippen molar-refractivity contribution in [2.75, 3.05) is 6.61 Å². The Morgan fingerprint density at radius 2 is 2.11 bits per heavy atom. The van der Waals surface area contributed by atoms with Crippen LogP contribution in [0.15, 0.2) is 24.3 Å². The van der Waals surface area contributed by atoms with Crippen molar-refractivity contribution in [3.05, 3.63) is 29.8 Å². The van der Waals surface area contributed by atoms with Crippen molar-refractivity contribution < 1.29 is 19.4 Å². The van der Waals surface area contributed by atoms with E-state index in [1.807, 2.05) is 12.1 Å². The molecule has 0 radical (unpaired) electrons. The molecule has 1 aliphatic heterocycles. The molecule has 0 aliphatic carbocycles. The second-order valence-electron chi connectivity index (χ2n) is 5.55. The Hall–Kier alpha value is -1.75. The zero-order valence-electron chi connectivity index (χ0n) is 11.3. The maximum Gasteiger partial charge on any atom is 0.408 e. The van der Waals surface area contributed by atoms with Crippen LogP contribution in [0.2, 0.25) is 0 Å². The monoisotopic (exact) mass is 265 g/mol. The van der Waals surface area contributed by atoms with Crippen molar-refractivity contribution in [1.29, 1.82) is 0 Å². The van der Waals surface area contributed by atoms with E-state index in [0.29, 0.717) is 11.3 Å². The number of para-hydroxylation sites is 1. The van der Waals surface area contributed by atoms with Gasteiger partial charge in [-0.15, -0.1) is 0 Å². The SMILES string of the molecule is CC(C)(C)OC(=O)N[C@@H]1COc2ccccc2[C@@H]1O. The highest BCUT2D eigenvalue weighted by atomic mass is 16.6. The second-order valence-corrected chi connectivity index (χ2v) is 5.55. The minimum Gasteiger partial charge on any atom is -0.491 e. The van der Waals surface area contributed by atoms with Crippen LogP contribution in [0.1, 0.15) is 32.4 Å². The molecule has 1 aromatic rings. The van der Waals surface area contributed by atoms with Gasteiger partial charge in [0.05, 0.1) is 6.04 Å². The first-order chi connectivity index (χ1) is 8.87. The third kappa shape index (κ3) is 3.38. The van der Waals surface area contributed by atoms with E-state index in [1.165, 1.54) is 0 Å². The minimum atomic E-state index is -0.794. The van der Waals surface area contributed by atoms with Crippen molar-refractivity contribution in [3.8, 4) is 5.75 Å². The highest BCUT2D eigenvalue weighted by Gasteiger charge is 2.31. The van der Waals surface area contributed by atoms with Crippen LogP contribution in [0.3, 0.4) is 0 Å². The fraction of sp³-hybridized carbons (Fsp3) is 0.500. The summed E-state index contributed by atoms with van der Waals surface area (Å²) < 4.78 is 10.7. The number of ether oxygens (including phenoxy) is 2. The summed E-state index contributed by atoms with van der Waals surface area (Å²) in [7, 11) is 0. The van der Waals surface area contributed by atoms with E-state index in [0.717, 1.165) is 0 Å². The highest BCUT2D eigenvalue weighted by molar-refractivity contribution is 5.68. The third-order valence-corrected chi connectivity index (χ3v) is 2.74. The first kappa shape index (κ1) is 13.7. The van der Waals surface area contributed by atoms with E-state index in [9.17, 15) is 9.90 Å². The Kier molecular flexibility index (Phi) is 3.66. The Morgan fingerprint density at radius 3 is 2.79 bits per heavy atom. The van der Waals surface area contributed by atoms with Crippen LogP contribution < -0.4 is 10.1 Å². The van der Waals surface area contributed by atoms with Gasteiger partial charge in [-0.05, 0) is 26.8 Å². The van der Waals surface area contributed by atoms with Gasteiger partial charge in [0.1, 0.15) is 24.1 Å². The maximum absolute atomic E-state index is 11.7. The number of carbonyl (C=O) groups excluding carboxylic acids is 1. The average Bonchev–Trinajstić information content (AvgIpc) is 2.31. The smallest absolute Gasteiger partial charge is 0.408 e. The van der Waals surface area contributed by atoms with Gasteiger partial charge in [0.25, 0.3) is 0 Å². The quantitative estimate of drug-likeness (QED) is 0.815. The van der Waals surface area contributed by atoms with Crippen molar-refractivity contribution in [2.24, 2.45) is 0 Å². The molecule has 19 heavy (non-hydrogen) atoms. The standard InChI is InChI=1S/C14H19NO4/c1-14(2,3)19-13(17)15-10-8-18-11-7-5-4-6-9(11)12(10)16/h4-7,10,12,16H,8H2,1-3H3,(H,15,17)/t10-,12+/m1/s1. The van der Waals surface area contributed by atoms with Crippen LogP contribution in [0.5, 0.6) is 5.75 Å². The average molecular weight is 265 g/mol. The number of benzene rings is 1. The van der Waals surface area contributed by atoms with Crippen LogP contribution in [0, 0.1) is 0 Å². The molecule has 0 saturated heterocycles. The summed E-state index contributed by atoms with van der Waals surface area (Å²) in [6, 6.07) is 6.73. The van der Waals surface area contributed by atoms with Gasteiger partial charge in [0.15, 0.2) is 0 Å². The summed E-state index contributed by atoms with van der Waals surface area (Å²) >= 11 is 0. The fourth-order valence-electron chi connectivity index (χ4n) is 1.92. The summed E-state index contributed by atoms with van der Waals surface area (Å²) in [4.78, 5) is 11.7. The number of carbonyl (C=O) groups is 1. The van der Waals surface area contributed by atoms with E-state index in [4.69, 9.17) is 9.47 Å². The summed E-state index contributed by atoms with van der Waals surface area (Å²) in [6.45, 7) is 5.58. The number of hydrogen-bond acceptors (Lipinski definition) is 4. The Balaban J connectivity index is 2.02. The lowest BCUT2D eigenvalue weighted by molar-refractivity contribution is 0.0310. The highest BCUT2D eigenvalue weighted by Crippen LogP contribution is 2.31. The van der Waals surface area contributed by atoms with E-state index >= 15 is 0 Å². The van der Waals surface area contributed by atoms with Crippen LogP contribution in [0.25, 0.3) is 0 Å². The van der Waals surface area contributed by atoms with Crippen LogP contribution in [-0.2, 0) is 4.74 Å². The fourth-order valence-corrected chi connectivity index (χ4v) is 1.92. The van der Waals surface area contributed by atoms with Crippen molar-refractivity contribution in [1.82, 2.24) is 5.32 Å². The maximum atomic E-state index is 11.7. The molecule has 5 nitrogen and oxygen atoms in total. The molecular formula is C14H19NO4. The van der Waals surface area contributed by atoms with Gasteiger partial charge in [0.2, 0.25) is 0 Å². The lowest BCUT2D eigenvalue weighted by Gasteiger charge is -2.31. The molecule has 1 heterocycles. The normalized spacial score (nSPS) is 22.1. The van der Waals surface area contributed by atoms with Crippen LogP contribution in [-0.4, -0.2) is 29.4 Å². The molecule has 2 N–H and O–H groups in total. The zero-order valence-corrected chi connectivity index (χ0v) is 11.3. The number of fused-ring (bicyclic) bond motifs is 1. The van der Waals surface area contributed by atoms with E-state index in [-0.39, 0.29) is 6.61 Å². The molecule has 104 valence electrons. The van der Waals surface area contributed by atoms with Gasteiger partial charge in [-0.25, -0.2) is 4.79 Å². The zero-order chi connectivity index (χ0) is 14.0. The molecule has 0 fully saturated rings. The summed E-state index contributed by atoms with van der Waals surface area (Å²) in [5.74, 6) is 0.650. The molecule has 2 rings (SSSR count). The van der Waals surface area contributed by atoms with Crippen molar-refractivity contribution in [3.63, 3.8) is 0 Å². The third-order valence-electron chi connectivity index (χ3n) is 2.74. The van der Waals surface area contributed by atoms with Crippen LogP contribution in [0.4, 0.5) is 4.79 Å².